The molecular weight excluding hydrogens is 423 g/mol. The fraction of sp³-hybridized carbons (Fsp3) is 0.167. The minimum atomic E-state index is -0.504. The number of carbonyl (C=O) groups excluding carboxylic acids is 1. The van der Waals surface area contributed by atoms with Crippen LogP contribution in [0.1, 0.15) is 24.1 Å². The highest BCUT2D eigenvalue weighted by atomic mass is 19.1. The Kier molecular flexibility index (Phi) is 6.03. The highest BCUT2D eigenvalue weighted by Gasteiger charge is 2.22. The topological polar surface area (TPSA) is 108 Å². The predicted molar refractivity (Wildman–Crippen MR) is 124 cm³/mol. The number of benzene rings is 2. The van der Waals surface area contributed by atoms with Crippen LogP contribution >= 0.6 is 0 Å². The van der Waals surface area contributed by atoms with E-state index in [1.807, 2.05) is 31.2 Å². The van der Waals surface area contributed by atoms with E-state index < -0.39 is 5.82 Å². The van der Waals surface area contributed by atoms with Gasteiger partial charge in [-0.2, -0.15) is 5.10 Å². The number of anilines is 1. The molecule has 168 valence electrons. The molecule has 33 heavy (non-hydrogen) atoms. The van der Waals surface area contributed by atoms with Crippen molar-refractivity contribution in [3.8, 4) is 17.0 Å². The number of fused-ring (bicyclic) bond motifs is 1. The van der Waals surface area contributed by atoms with E-state index in [0.717, 1.165) is 11.1 Å². The minimum absolute atomic E-state index is 0.139. The lowest BCUT2D eigenvalue weighted by molar-refractivity contribution is -0.116. The number of hydrogen-bond acceptors (Lipinski definition) is 6. The molecule has 4 aromatic rings. The third kappa shape index (κ3) is 4.25. The Labute approximate surface area is 189 Å². The Morgan fingerprint density at radius 2 is 2.12 bits per heavy atom. The molecule has 2 aromatic carbocycles. The molecule has 1 amide bonds. The Bertz CT molecular complexity index is 1350. The maximum Gasteiger partial charge on any atom is 0.243 e. The summed E-state index contributed by atoms with van der Waals surface area (Å²) in [5.74, 6) is -0.350. The van der Waals surface area contributed by atoms with Gasteiger partial charge in [-0.25, -0.2) is 19.0 Å². The van der Waals surface area contributed by atoms with Crippen molar-refractivity contribution < 1.29 is 13.9 Å². The average Bonchev–Trinajstić information content (AvgIpc) is 3.23. The van der Waals surface area contributed by atoms with Crippen LogP contribution in [0, 0.1) is 5.82 Å². The Balaban J connectivity index is 1.78. The largest absolute Gasteiger partial charge is 0.494 e. The highest BCUT2D eigenvalue weighted by Crippen LogP contribution is 2.34. The van der Waals surface area contributed by atoms with E-state index in [0.29, 0.717) is 28.8 Å². The second-order valence-corrected chi connectivity index (χ2v) is 7.44. The van der Waals surface area contributed by atoms with Crippen LogP contribution in [-0.2, 0) is 11.3 Å². The zero-order chi connectivity index (χ0) is 23.5. The van der Waals surface area contributed by atoms with Gasteiger partial charge in [-0.1, -0.05) is 30.8 Å². The lowest BCUT2D eigenvalue weighted by Crippen LogP contribution is -2.20. The number of ether oxygens (including phenoxy) is 1. The van der Waals surface area contributed by atoms with Crippen molar-refractivity contribution in [2.24, 2.45) is 0 Å². The van der Waals surface area contributed by atoms with Gasteiger partial charge in [0, 0.05) is 12.1 Å². The van der Waals surface area contributed by atoms with Crippen LogP contribution in [0.5, 0.6) is 5.75 Å². The van der Waals surface area contributed by atoms with E-state index in [1.54, 1.807) is 16.8 Å². The van der Waals surface area contributed by atoms with Crippen LogP contribution in [0.3, 0.4) is 0 Å². The zero-order valence-electron chi connectivity index (χ0n) is 18.2. The number of nitrogens with zero attached hydrogens (tertiary/aromatic N) is 4. The van der Waals surface area contributed by atoms with E-state index in [1.165, 1.54) is 25.6 Å². The van der Waals surface area contributed by atoms with Crippen molar-refractivity contribution in [1.82, 2.24) is 25.1 Å². The number of amides is 1. The molecule has 1 atom stereocenters. The second kappa shape index (κ2) is 9.07. The molecule has 0 aliphatic rings. The number of nitrogens with two attached hydrogens (primary N) is 1. The second-order valence-electron chi connectivity index (χ2n) is 7.44. The number of aromatic nitrogens is 4. The van der Waals surface area contributed by atoms with Gasteiger partial charge in [0.05, 0.1) is 18.5 Å². The normalized spacial score (nSPS) is 11.8. The smallest absolute Gasteiger partial charge is 0.243 e. The van der Waals surface area contributed by atoms with Gasteiger partial charge in [0.15, 0.2) is 17.2 Å². The quantitative estimate of drug-likeness (QED) is 0.420. The summed E-state index contributed by atoms with van der Waals surface area (Å²) in [5.41, 5.74) is 9.60. The molecule has 8 nitrogen and oxygen atoms in total. The summed E-state index contributed by atoms with van der Waals surface area (Å²) in [6.07, 6.45) is 2.61. The van der Waals surface area contributed by atoms with Gasteiger partial charge in [0.2, 0.25) is 5.91 Å². The SMILES string of the molecule is C=CC(=O)NCc1cccc(C(C)n2nc(-c3ccc(OC)c(F)c3)c3c(N)ncnc32)c1. The van der Waals surface area contributed by atoms with E-state index >= 15 is 0 Å². The minimum Gasteiger partial charge on any atom is -0.494 e. The Morgan fingerprint density at radius 3 is 2.85 bits per heavy atom. The van der Waals surface area contributed by atoms with Gasteiger partial charge in [-0.15, -0.1) is 0 Å². The molecule has 4 rings (SSSR count). The van der Waals surface area contributed by atoms with Crippen molar-refractivity contribution in [1.29, 1.82) is 0 Å². The molecule has 9 heteroatoms. The number of carbonyl (C=O) groups is 1. The van der Waals surface area contributed by atoms with Gasteiger partial charge < -0.3 is 15.8 Å². The summed E-state index contributed by atoms with van der Waals surface area (Å²) < 4.78 is 21.2. The number of methoxy groups -OCH3 is 1. The molecule has 1 unspecified atom stereocenters. The van der Waals surface area contributed by atoms with Gasteiger partial charge in [-0.05, 0) is 42.3 Å². The number of nitrogen functional groups attached to an aromatic ring is 1. The van der Waals surface area contributed by atoms with Crippen LogP contribution < -0.4 is 15.8 Å². The molecule has 0 bridgehead atoms. The van der Waals surface area contributed by atoms with Gasteiger partial charge in [-0.3, -0.25) is 4.79 Å². The summed E-state index contributed by atoms with van der Waals surface area (Å²) in [4.78, 5) is 20.0. The Hall–Kier alpha value is -4.27. The maximum atomic E-state index is 14.4. The van der Waals surface area contributed by atoms with Crippen molar-refractivity contribution in [2.45, 2.75) is 19.5 Å². The molecular formula is C24H23FN6O2. The molecule has 0 radical (unpaired) electrons. The molecule has 0 fully saturated rings. The van der Waals surface area contributed by atoms with E-state index in [4.69, 9.17) is 15.6 Å². The summed E-state index contributed by atoms with van der Waals surface area (Å²) in [6, 6.07) is 12.2. The van der Waals surface area contributed by atoms with Crippen molar-refractivity contribution in [3.63, 3.8) is 0 Å². The van der Waals surface area contributed by atoms with Crippen LogP contribution in [0.4, 0.5) is 10.2 Å². The molecule has 0 aliphatic heterocycles. The van der Waals surface area contributed by atoms with E-state index in [-0.39, 0.29) is 23.5 Å². The first-order valence-electron chi connectivity index (χ1n) is 10.2. The molecule has 3 N–H and O–H groups in total. The number of nitrogens with one attached hydrogen (secondary N) is 1. The molecule has 0 spiro atoms. The summed E-state index contributed by atoms with van der Waals surface area (Å²) >= 11 is 0. The molecule has 0 aliphatic carbocycles. The van der Waals surface area contributed by atoms with E-state index in [2.05, 4.69) is 21.9 Å². The lowest BCUT2D eigenvalue weighted by atomic mass is 10.1. The van der Waals surface area contributed by atoms with Crippen molar-refractivity contribution >= 4 is 22.8 Å². The van der Waals surface area contributed by atoms with Gasteiger partial charge >= 0.3 is 0 Å². The van der Waals surface area contributed by atoms with E-state index in [9.17, 15) is 9.18 Å². The fourth-order valence-corrected chi connectivity index (χ4v) is 3.65. The van der Waals surface area contributed by atoms with Crippen LogP contribution in [0.15, 0.2) is 61.4 Å². The first-order chi connectivity index (χ1) is 15.9. The fourth-order valence-electron chi connectivity index (χ4n) is 3.65. The standard InChI is InChI=1S/C24H23FN6O2/c1-4-20(32)27-12-15-6-5-7-16(10-15)14(2)31-24-21(23(26)28-13-29-24)22(30-31)17-8-9-19(33-3)18(25)11-17/h4-11,13-14H,1,12H2,2-3H3,(H,27,32)(H2,26,28,29). The van der Waals surface area contributed by atoms with Gasteiger partial charge in [0.1, 0.15) is 17.8 Å². The highest BCUT2D eigenvalue weighted by molar-refractivity contribution is 5.98. The van der Waals surface area contributed by atoms with Crippen molar-refractivity contribution in [2.75, 3.05) is 12.8 Å². The summed E-state index contributed by atoms with van der Waals surface area (Å²) in [6.45, 7) is 5.81. The Morgan fingerprint density at radius 1 is 1.30 bits per heavy atom. The summed E-state index contributed by atoms with van der Waals surface area (Å²) in [7, 11) is 1.41. The zero-order valence-corrected chi connectivity index (χ0v) is 18.2. The summed E-state index contributed by atoms with van der Waals surface area (Å²) in [5, 5.41) is 8.07. The molecule has 2 aromatic heterocycles. The third-order valence-corrected chi connectivity index (χ3v) is 5.40. The van der Waals surface area contributed by atoms with Crippen molar-refractivity contribution in [3.05, 3.63) is 78.4 Å². The lowest BCUT2D eigenvalue weighted by Gasteiger charge is -2.15. The number of halogens is 1. The third-order valence-electron chi connectivity index (χ3n) is 5.40. The van der Waals surface area contributed by atoms with Crippen LogP contribution in [-0.4, -0.2) is 32.8 Å². The monoisotopic (exact) mass is 446 g/mol. The maximum absolute atomic E-state index is 14.4. The molecule has 2 heterocycles. The first-order valence-corrected chi connectivity index (χ1v) is 10.2. The number of hydrogen-bond donors (Lipinski definition) is 2. The predicted octanol–water partition coefficient (Wildman–Crippen LogP) is 3.63. The first kappa shape index (κ1) is 21.9. The van der Waals surface area contributed by atoms with Crippen LogP contribution in [0.2, 0.25) is 0 Å². The molecule has 0 saturated carbocycles. The number of rotatable bonds is 7. The van der Waals surface area contributed by atoms with Crippen LogP contribution in [0.25, 0.3) is 22.3 Å². The molecule has 0 saturated heterocycles. The van der Waals surface area contributed by atoms with Gasteiger partial charge in [0.25, 0.3) is 0 Å². The average molecular weight is 446 g/mol.